The Balaban J connectivity index is 2.12. The van der Waals surface area contributed by atoms with E-state index in [0.717, 1.165) is 28.0 Å². The zero-order valence-electron chi connectivity index (χ0n) is 15.6. The van der Waals surface area contributed by atoms with Crippen LogP contribution in [0, 0.1) is 13.8 Å². The van der Waals surface area contributed by atoms with E-state index in [-0.39, 0.29) is 5.56 Å². The maximum atomic E-state index is 12.5. The second kappa shape index (κ2) is 6.35. The van der Waals surface area contributed by atoms with Crippen LogP contribution in [0.2, 0.25) is 0 Å². The molecule has 0 amide bonds. The Morgan fingerprint density at radius 3 is 2.74 bits per heavy atom. The molecule has 0 bridgehead atoms. The molecule has 0 aliphatic rings. The Morgan fingerprint density at radius 1 is 1.22 bits per heavy atom. The number of rotatable bonds is 3. The Kier molecular flexibility index (Phi) is 3.99. The number of nitrogens with one attached hydrogen (secondary N) is 1. The molecule has 0 saturated heterocycles. The van der Waals surface area contributed by atoms with Crippen molar-refractivity contribution in [1.29, 1.82) is 0 Å². The van der Waals surface area contributed by atoms with Crippen LogP contribution < -0.4 is 10.3 Å². The van der Waals surface area contributed by atoms with Crippen LogP contribution in [-0.4, -0.2) is 31.8 Å². The number of benzene rings is 1. The lowest BCUT2D eigenvalue weighted by Gasteiger charge is -2.15. The van der Waals surface area contributed by atoms with Crippen LogP contribution in [0.3, 0.4) is 0 Å². The lowest BCUT2D eigenvalue weighted by atomic mass is 9.96. The first kappa shape index (κ1) is 17.0. The largest absolute Gasteiger partial charge is 0.496 e. The summed E-state index contributed by atoms with van der Waals surface area (Å²) >= 11 is 0. The molecule has 7 heteroatoms. The van der Waals surface area contributed by atoms with Crippen LogP contribution in [0.5, 0.6) is 5.75 Å². The summed E-state index contributed by atoms with van der Waals surface area (Å²) in [4.78, 5) is 24.4. The molecule has 0 saturated carbocycles. The Labute approximate surface area is 155 Å². The van der Waals surface area contributed by atoms with E-state index in [1.54, 1.807) is 24.1 Å². The summed E-state index contributed by atoms with van der Waals surface area (Å²) in [5.41, 5.74) is 5.43. The SMILES string of the molecule is COc1ccc(C)c(-c2nc(-c3cnn(C)c3)cc3c(=O)[nH]cnc23)c1C. The first-order valence-electron chi connectivity index (χ1n) is 8.51. The van der Waals surface area contributed by atoms with Gasteiger partial charge in [-0.25, -0.2) is 9.97 Å². The van der Waals surface area contributed by atoms with E-state index in [1.165, 1.54) is 6.33 Å². The Hall–Kier alpha value is -3.48. The number of hydrogen-bond donors (Lipinski definition) is 1. The highest BCUT2D eigenvalue weighted by Gasteiger charge is 2.18. The molecular weight excluding hydrogens is 342 g/mol. The summed E-state index contributed by atoms with van der Waals surface area (Å²) in [5.74, 6) is 0.766. The third kappa shape index (κ3) is 2.77. The van der Waals surface area contributed by atoms with Crippen LogP contribution in [0.15, 0.2) is 41.7 Å². The molecule has 27 heavy (non-hydrogen) atoms. The minimum atomic E-state index is -0.202. The van der Waals surface area contributed by atoms with Gasteiger partial charge in [0.05, 0.1) is 36.4 Å². The number of ether oxygens (including phenoxy) is 1. The summed E-state index contributed by atoms with van der Waals surface area (Å²) in [6.45, 7) is 4.00. The number of aromatic amines is 1. The zero-order chi connectivity index (χ0) is 19.1. The quantitative estimate of drug-likeness (QED) is 0.606. The summed E-state index contributed by atoms with van der Waals surface area (Å²) in [5, 5.41) is 4.70. The van der Waals surface area contributed by atoms with E-state index >= 15 is 0 Å². The highest BCUT2D eigenvalue weighted by molar-refractivity contribution is 5.95. The fraction of sp³-hybridized carbons (Fsp3) is 0.200. The molecule has 0 unspecified atom stereocenters. The van der Waals surface area contributed by atoms with Gasteiger partial charge in [-0.05, 0) is 31.5 Å². The molecule has 0 spiro atoms. The van der Waals surface area contributed by atoms with Crippen LogP contribution >= 0.6 is 0 Å². The van der Waals surface area contributed by atoms with Crippen molar-refractivity contribution in [2.45, 2.75) is 13.8 Å². The molecule has 0 aliphatic carbocycles. The lowest BCUT2D eigenvalue weighted by molar-refractivity contribution is 0.412. The average Bonchev–Trinajstić information content (AvgIpc) is 3.09. The lowest BCUT2D eigenvalue weighted by Crippen LogP contribution is -2.09. The van der Waals surface area contributed by atoms with Gasteiger partial charge in [-0.15, -0.1) is 0 Å². The fourth-order valence-corrected chi connectivity index (χ4v) is 3.36. The molecule has 0 atom stereocenters. The standard InChI is InChI=1S/C20H19N5O2/c1-11-5-6-16(27-4)12(2)17(11)19-18-14(20(26)22-10-21-18)7-15(24-19)13-8-23-25(3)9-13/h5-10H,1-4H3,(H,21,22,26). The van der Waals surface area contributed by atoms with Gasteiger partial charge >= 0.3 is 0 Å². The average molecular weight is 361 g/mol. The summed E-state index contributed by atoms with van der Waals surface area (Å²) < 4.78 is 7.19. The van der Waals surface area contributed by atoms with Crippen LogP contribution in [0.25, 0.3) is 33.4 Å². The normalized spacial score (nSPS) is 11.1. The van der Waals surface area contributed by atoms with Gasteiger partial charge in [0.15, 0.2) is 0 Å². The summed E-state index contributed by atoms with van der Waals surface area (Å²) in [6.07, 6.45) is 5.01. The smallest absolute Gasteiger partial charge is 0.258 e. The van der Waals surface area contributed by atoms with Gasteiger partial charge in [0.1, 0.15) is 11.3 Å². The van der Waals surface area contributed by atoms with Crippen LogP contribution in [0.1, 0.15) is 11.1 Å². The maximum absolute atomic E-state index is 12.5. The van der Waals surface area contributed by atoms with Gasteiger partial charge in [0, 0.05) is 29.9 Å². The molecule has 7 nitrogen and oxygen atoms in total. The Bertz CT molecular complexity index is 1220. The minimum Gasteiger partial charge on any atom is -0.496 e. The molecule has 3 heterocycles. The van der Waals surface area contributed by atoms with Crippen molar-refractivity contribution >= 4 is 10.9 Å². The molecule has 4 aromatic rings. The molecule has 136 valence electrons. The molecule has 0 radical (unpaired) electrons. The first-order valence-corrected chi connectivity index (χ1v) is 8.51. The number of H-pyrrole nitrogens is 1. The third-order valence-corrected chi connectivity index (χ3v) is 4.71. The highest BCUT2D eigenvalue weighted by atomic mass is 16.5. The molecular formula is C20H19N5O2. The van der Waals surface area contributed by atoms with Gasteiger partial charge in [-0.1, -0.05) is 6.07 Å². The van der Waals surface area contributed by atoms with Gasteiger partial charge in [-0.2, -0.15) is 5.10 Å². The monoisotopic (exact) mass is 361 g/mol. The van der Waals surface area contributed by atoms with E-state index < -0.39 is 0 Å². The topological polar surface area (TPSA) is 85.7 Å². The van der Waals surface area contributed by atoms with E-state index in [4.69, 9.17) is 9.72 Å². The van der Waals surface area contributed by atoms with Crippen molar-refractivity contribution in [3.63, 3.8) is 0 Å². The van der Waals surface area contributed by atoms with Crippen LogP contribution in [0.4, 0.5) is 0 Å². The number of aromatic nitrogens is 5. The van der Waals surface area contributed by atoms with Gasteiger partial charge in [0.25, 0.3) is 5.56 Å². The van der Waals surface area contributed by atoms with Crippen molar-refractivity contribution < 1.29 is 4.74 Å². The zero-order valence-corrected chi connectivity index (χ0v) is 15.6. The summed E-state index contributed by atoms with van der Waals surface area (Å²) in [6, 6.07) is 5.67. The van der Waals surface area contributed by atoms with E-state index in [1.807, 2.05) is 39.2 Å². The van der Waals surface area contributed by atoms with E-state index in [9.17, 15) is 4.79 Å². The number of pyridine rings is 1. The summed E-state index contributed by atoms with van der Waals surface area (Å²) in [7, 11) is 3.48. The van der Waals surface area contributed by atoms with Crippen molar-refractivity contribution in [2.75, 3.05) is 7.11 Å². The van der Waals surface area contributed by atoms with Crippen LogP contribution in [-0.2, 0) is 7.05 Å². The predicted octanol–water partition coefficient (Wildman–Crippen LogP) is 3.01. The molecule has 1 N–H and O–H groups in total. The van der Waals surface area contributed by atoms with Gasteiger partial charge in [-0.3, -0.25) is 9.48 Å². The van der Waals surface area contributed by atoms with Gasteiger partial charge in [0.2, 0.25) is 0 Å². The van der Waals surface area contributed by atoms with E-state index in [0.29, 0.717) is 22.3 Å². The maximum Gasteiger partial charge on any atom is 0.258 e. The second-order valence-electron chi connectivity index (χ2n) is 6.47. The molecule has 0 fully saturated rings. The second-order valence-corrected chi connectivity index (χ2v) is 6.47. The minimum absolute atomic E-state index is 0.202. The molecule has 1 aromatic carbocycles. The van der Waals surface area contributed by atoms with E-state index in [2.05, 4.69) is 15.1 Å². The van der Waals surface area contributed by atoms with Crippen molar-refractivity contribution in [3.05, 3.63) is 58.4 Å². The Morgan fingerprint density at radius 2 is 2.04 bits per heavy atom. The molecule has 4 rings (SSSR count). The fourth-order valence-electron chi connectivity index (χ4n) is 3.36. The highest BCUT2D eigenvalue weighted by Crippen LogP contribution is 2.36. The molecule has 0 aliphatic heterocycles. The number of fused-ring (bicyclic) bond motifs is 1. The number of hydrogen-bond acceptors (Lipinski definition) is 5. The predicted molar refractivity (Wildman–Crippen MR) is 104 cm³/mol. The van der Waals surface area contributed by atoms with Crippen molar-refractivity contribution in [1.82, 2.24) is 24.7 Å². The number of aryl methyl sites for hydroxylation is 2. The van der Waals surface area contributed by atoms with Gasteiger partial charge < -0.3 is 9.72 Å². The van der Waals surface area contributed by atoms with Crippen molar-refractivity contribution in [2.24, 2.45) is 7.05 Å². The van der Waals surface area contributed by atoms with Crippen molar-refractivity contribution in [3.8, 4) is 28.3 Å². The third-order valence-electron chi connectivity index (χ3n) is 4.71. The number of nitrogens with zero attached hydrogens (tertiary/aromatic N) is 4. The first-order chi connectivity index (χ1) is 13.0. The number of methoxy groups -OCH3 is 1. The molecule has 3 aromatic heterocycles.